The second-order valence-corrected chi connectivity index (χ2v) is 8.21. The smallest absolute Gasteiger partial charge is 0.416 e. The van der Waals surface area contributed by atoms with Gasteiger partial charge in [-0.25, -0.2) is 4.98 Å². The van der Waals surface area contributed by atoms with Crippen molar-refractivity contribution in [3.05, 3.63) is 84.6 Å². The van der Waals surface area contributed by atoms with Crippen LogP contribution >= 0.6 is 0 Å². The SMILES string of the molecule is CCNCCOc1ccc(Nc2ncc(-c3cccc(C(F)(F)F)c3)c(Nc3ccccc3OC)n2)cc1. The minimum absolute atomic E-state index is 0.263. The highest BCUT2D eigenvalue weighted by atomic mass is 19.4. The van der Waals surface area contributed by atoms with Gasteiger partial charge in [0.15, 0.2) is 0 Å². The molecule has 0 atom stereocenters. The van der Waals surface area contributed by atoms with E-state index in [0.717, 1.165) is 36.7 Å². The second kappa shape index (κ2) is 12.3. The first kappa shape index (κ1) is 26.7. The number of halogens is 3. The van der Waals surface area contributed by atoms with E-state index in [1.807, 2.05) is 43.3 Å². The van der Waals surface area contributed by atoms with Crippen molar-refractivity contribution in [3.63, 3.8) is 0 Å². The number of rotatable bonds is 11. The molecule has 7 nitrogen and oxygen atoms in total. The second-order valence-electron chi connectivity index (χ2n) is 8.21. The van der Waals surface area contributed by atoms with Crippen LogP contribution in [0.1, 0.15) is 12.5 Å². The molecule has 3 aromatic carbocycles. The van der Waals surface area contributed by atoms with Crippen molar-refractivity contribution in [2.24, 2.45) is 0 Å². The lowest BCUT2D eigenvalue weighted by molar-refractivity contribution is -0.137. The van der Waals surface area contributed by atoms with Crippen molar-refractivity contribution in [1.82, 2.24) is 15.3 Å². The summed E-state index contributed by atoms with van der Waals surface area (Å²) < 4.78 is 51.3. The van der Waals surface area contributed by atoms with E-state index in [4.69, 9.17) is 9.47 Å². The predicted molar refractivity (Wildman–Crippen MR) is 143 cm³/mol. The Bertz CT molecular complexity index is 1350. The molecule has 0 aliphatic heterocycles. The molecule has 0 saturated carbocycles. The van der Waals surface area contributed by atoms with Crippen LogP contribution in [-0.4, -0.2) is 36.8 Å². The average molecular weight is 524 g/mol. The highest BCUT2D eigenvalue weighted by Gasteiger charge is 2.30. The van der Waals surface area contributed by atoms with Gasteiger partial charge in [0.25, 0.3) is 0 Å². The van der Waals surface area contributed by atoms with Crippen molar-refractivity contribution < 1.29 is 22.6 Å². The fourth-order valence-electron chi connectivity index (χ4n) is 3.67. The molecule has 0 amide bonds. The molecule has 1 aromatic heterocycles. The Hall–Kier alpha value is -4.31. The molecule has 0 aliphatic carbocycles. The van der Waals surface area contributed by atoms with Gasteiger partial charge in [0.05, 0.1) is 18.4 Å². The van der Waals surface area contributed by atoms with E-state index in [0.29, 0.717) is 35.0 Å². The number of likely N-dealkylation sites (N-methyl/N-ethyl adjacent to an activating group) is 1. The van der Waals surface area contributed by atoms with Crippen molar-refractivity contribution in [1.29, 1.82) is 0 Å². The quantitative estimate of drug-likeness (QED) is 0.190. The summed E-state index contributed by atoms with van der Waals surface area (Å²) in [5.74, 6) is 1.86. The molecule has 0 fully saturated rings. The van der Waals surface area contributed by atoms with E-state index in [-0.39, 0.29) is 5.95 Å². The van der Waals surface area contributed by atoms with Crippen LogP contribution in [0.5, 0.6) is 11.5 Å². The number of ether oxygens (including phenoxy) is 2. The van der Waals surface area contributed by atoms with E-state index in [1.54, 1.807) is 18.2 Å². The van der Waals surface area contributed by atoms with Gasteiger partial charge in [-0.1, -0.05) is 31.2 Å². The molecule has 1 heterocycles. The van der Waals surface area contributed by atoms with Crippen molar-refractivity contribution in [2.75, 3.05) is 37.4 Å². The fourth-order valence-corrected chi connectivity index (χ4v) is 3.67. The van der Waals surface area contributed by atoms with E-state index < -0.39 is 11.7 Å². The normalized spacial score (nSPS) is 11.2. The lowest BCUT2D eigenvalue weighted by Gasteiger charge is -2.16. The van der Waals surface area contributed by atoms with Gasteiger partial charge in [0, 0.05) is 24.0 Å². The molecular weight excluding hydrogens is 495 g/mol. The Morgan fingerprint density at radius 3 is 2.45 bits per heavy atom. The fraction of sp³-hybridized carbons (Fsp3) is 0.214. The summed E-state index contributed by atoms with van der Waals surface area (Å²) in [5, 5.41) is 9.53. The molecule has 10 heteroatoms. The van der Waals surface area contributed by atoms with Crippen LogP contribution in [-0.2, 0) is 6.18 Å². The van der Waals surface area contributed by atoms with Gasteiger partial charge in [-0.15, -0.1) is 0 Å². The molecule has 0 unspecified atom stereocenters. The minimum atomic E-state index is -4.48. The first-order valence-electron chi connectivity index (χ1n) is 12.0. The van der Waals surface area contributed by atoms with Crippen LogP contribution in [0, 0.1) is 0 Å². The molecular formula is C28H28F3N5O2. The molecule has 0 radical (unpaired) electrons. The Morgan fingerprint density at radius 2 is 1.71 bits per heavy atom. The lowest BCUT2D eigenvalue weighted by Crippen LogP contribution is -2.20. The van der Waals surface area contributed by atoms with E-state index in [2.05, 4.69) is 25.9 Å². The van der Waals surface area contributed by atoms with Gasteiger partial charge in [-0.3, -0.25) is 0 Å². The molecule has 0 saturated heterocycles. The van der Waals surface area contributed by atoms with Crippen LogP contribution in [0.2, 0.25) is 0 Å². The van der Waals surface area contributed by atoms with Crippen LogP contribution in [0.4, 0.5) is 36.3 Å². The van der Waals surface area contributed by atoms with Gasteiger partial charge < -0.3 is 25.4 Å². The van der Waals surface area contributed by atoms with Crippen LogP contribution in [0.15, 0.2) is 79.0 Å². The lowest BCUT2D eigenvalue weighted by atomic mass is 10.0. The number of hydrogen-bond acceptors (Lipinski definition) is 7. The summed E-state index contributed by atoms with van der Waals surface area (Å²) in [7, 11) is 1.54. The van der Waals surface area contributed by atoms with Gasteiger partial charge in [0.2, 0.25) is 5.95 Å². The zero-order chi connectivity index (χ0) is 27.0. The minimum Gasteiger partial charge on any atom is -0.495 e. The molecule has 0 bridgehead atoms. The molecule has 3 N–H and O–H groups in total. The van der Waals surface area contributed by atoms with E-state index in [1.165, 1.54) is 19.4 Å². The Kier molecular flexibility index (Phi) is 8.65. The number of benzene rings is 3. The highest BCUT2D eigenvalue weighted by molar-refractivity contribution is 5.80. The zero-order valence-electron chi connectivity index (χ0n) is 21.0. The molecule has 38 heavy (non-hydrogen) atoms. The van der Waals surface area contributed by atoms with Crippen LogP contribution < -0.4 is 25.4 Å². The molecule has 0 spiro atoms. The topological polar surface area (TPSA) is 80.3 Å². The number of methoxy groups -OCH3 is 1. The maximum absolute atomic E-state index is 13.4. The highest BCUT2D eigenvalue weighted by Crippen LogP contribution is 2.36. The predicted octanol–water partition coefficient (Wildman–Crippen LogP) is 6.65. The maximum Gasteiger partial charge on any atom is 0.416 e. The number of aromatic nitrogens is 2. The van der Waals surface area contributed by atoms with Gasteiger partial charge >= 0.3 is 6.18 Å². The Labute approximate surface area is 219 Å². The Balaban J connectivity index is 1.63. The standard InChI is InChI=1S/C28H28F3N5O2/c1-3-32-15-16-38-22-13-11-21(12-14-22)34-27-33-18-23(19-7-6-8-20(17-19)28(29,30)31)26(36-27)35-24-9-4-5-10-25(24)37-2/h4-14,17-18,32H,3,15-16H2,1-2H3,(H2,33,34,35,36). The summed E-state index contributed by atoms with van der Waals surface area (Å²) in [5.41, 5.74) is 1.29. The first-order valence-corrected chi connectivity index (χ1v) is 12.0. The third kappa shape index (κ3) is 6.92. The number of nitrogens with zero attached hydrogens (tertiary/aromatic N) is 2. The number of alkyl halides is 3. The molecule has 198 valence electrons. The summed E-state index contributed by atoms with van der Waals surface area (Å²) in [6.07, 6.45) is -2.99. The number of nitrogens with one attached hydrogen (secondary N) is 3. The zero-order valence-corrected chi connectivity index (χ0v) is 21.0. The number of anilines is 4. The van der Waals surface area contributed by atoms with Crippen molar-refractivity contribution in [3.8, 4) is 22.6 Å². The maximum atomic E-state index is 13.4. The summed E-state index contributed by atoms with van der Waals surface area (Å²) in [6.45, 7) is 4.22. The Morgan fingerprint density at radius 1 is 0.921 bits per heavy atom. The van der Waals surface area contributed by atoms with Crippen LogP contribution in [0.3, 0.4) is 0 Å². The van der Waals surface area contributed by atoms with Gasteiger partial charge in [-0.05, 0) is 60.6 Å². The van der Waals surface area contributed by atoms with Crippen molar-refractivity contribution >= 4 is 23.1 Å². The number of para-hydroxylation sites is 2. The summed E-state index contributed by atoms with van der Waals surface area (Å²) in [4.78, 5) is 8.96. The van der Waals surface area contributed by atoms with Gasteiger partial charge in [-0.2, -0.15) is 18.2 Å². The third-order valence-corrected chi connectivity index (χ3v) is 5.56. The monoisotopic (exact) mass is 523 g/mol. The summed E-state index contributed by atoms with van der Waals surface area (Å²) in [6, 6.07) is 19.6. The third-order valence-electron chi connectivity index (χ3n) is 5.56. The van der Waals surface area contributed by atoms with Crippen molar-refractivity contribution in [2.45, 2.75) is 13.1 Å². The molecule has 4 rings (SSSR count). The summed E-state index contributed by atoms with van der Waals surface area (Å²) >= 11 is 0. The average Bonchev–Trinajstić information content (AvgIpc) is 2.92. The van der Waals surface area contributed by atoms with E-state index in [9.17, 15) is 13.2 Å². The molecule has 0 aliphatic rings. The first-order chi connectivity index (χ1) is 18.4. The van der Waals surface area contributed by atoms with Crippen LogP contribution in [0.25, 0.3) is 11.1 Å². The van der Waals surface area contributed by atoms with E-state index >= 15 is 0 Å². The molecule has 4 aromatic rings. The van der Waals surface area contributed by atoms with Gasteiger partial charge in [0.1, 0.15) is 23.9 Å². The number of hydrogen-bond donors (Lipinski definition) is 3. The largest absolute Gasteiger partial charge is 0.495 e.